The normalized spacial score (nSPS) is 18.3. The molecule has 2 rings (SSSR count). The highest BCUT2D eigenvalue weighted by molar-refractivity contribution is 7.89. The molecule has 1 aromatic carbocycles. The summed E-state index contributed by atoms with van der Waals surface area (Å²) in [5.41, 5.74) is 1.27. The lowest BCUT2D eigenvalue weighted by atomic mass is 9.89. The second kappa shape index (κ2) is 4.97. The molecule has 3 N–H and O–H groups in total. The summed E-state index contributed by atoms with van der Waals surface area (Å²) in [5, 5.41) is 8.37. The van der Waals surface area contributed by atoms with E-state index in [4.69, 9.17) is 9.88 Å². The van der Waals surface area contributed by atoms with Gasteiger partial charge in [-0.25, -0.2) is 13.6 Å². The fourth-order valence-electron chi connectivity index (χ4n) is 1.86. The van der Waals surface area contributed by atoms with E-state index in [-0.39, 0.29) is 10.3 Å². The molecule has 0 spiro atoms. The minimum Gasteiger partial charge on any atom is -0.380 e. The molecule has 1 heterocycles. The van der Waals surface area contributed by atoms with E-state index in [1.54, 1.807) is 12.1 Å². The summed E-state index contributed by atoms with van der Waals surface area (Å²) >= 11 is 0. The van der Waals surface area contributed by atoms with Crippen LogP contribution in [0.1, 0.15) is 12.5 Å². The maximum Gasteiger partial charge on any atom is 0.238 e. The number of rotatable bonds is 5. The van der Waals surface area contributed by atoms with Crippen molar-refractivity contribution in [3.8, 4) is 0 Å². The highest BCUT2D eigenvalue weighted by atomic mass is 32.2. The van der Waals surface area contributed by atoms with Crippen molar-refractivity contribution in [3.05, 3.63) is 29.8 Å². The van der Waals surface area contributed by atoms with Gasteiger partial charge in [-0.2, -0.15) is 0 Å². The van der Waals surface area contributed by atoms with Gasteiger partial charge in [0, 0.05) is 18.5 Å². The number of hydrogen-bond donors (Lipinski definition) is 2. The first-order valence-corrected chi connectivity index (χ1v) is 7.34. The van der Waals surface area contributed by atoms with Gasteiger partial charge < -0.3 is 10.1 Å². The van der Waals surface area contributed by atoms with E-state index in [0.29, 0.717) is 6.54 Å². The summed E-state index contributed by atoms with van der Waals surface area (Å²) < 4.78 is 27.3. The summed E-state index contributed by atoms with van der Waals surface area (Å²) in [4.78, 5) is 0.144. The zero-order valence-electron chi connectivity index (χ0n) is 10.3. The smallest absolute Gasteiger partial charge is 0.238 e. The first kappa shape index (κ1) is 13.5. The van der Waals surface area contributed by atoms with Gasteiger partial charge in [-0.3, -0.25) is 0 Å². The monoisotopic (exact) mass is 270 g/mol. The topological polar surface area (TPSA) is 81.4 Å². The molecule has 1 aromatic rings. The molecule has 0 aliphatic carbocycles. The zero-order valence-corrected chi connectivity index (χ0v) is 11.2. The minimum atomic E-state index is -3.60. The molecule has 18 heavy (non-hydrogen) atoms. The zero-order chi connectivity index (χ0) is 13.2. The Morgan fingerprint density at radius 3 is 2.39 bits per heavy atom. The highest BCUT2D eigenvalue weighted by Crippen LogP contribution is 2.25. The van der Waals surface area contributed by atoms with Gasteiger partial charge >= 0.3 is 0 Å². The van der Waals surface area contributed by atoms with Gasteiger partial charge in [0.05, 0.1) is 18.1 Å². The maximum absolute atomic E-state index is 11.1. The first-order valence-electron chi connectivity index (χ1n) is 5.79. The number of hydrogen-bond acceptors (Lipinski definition) is 4. The molecule has 0 unspecified atom stereocenters. The Balaban J connectivity index is 1.87. The Kier molecular flexibility index (Phi) is 3.72. The lowest BCUT2D eigenvalue weighted by molar-refractivity contribution is -0.0991. The third kappa shape index (κ3) is 3.29. The molecule has 1 fully saturated rings. The fraction of sp³-hybridized carbons (Fsp3) is 0.500. The standard InChI is InChI=1S/C12H18N2O3S/c1-12(8-17-9-12)7-14-6-10-2-4-11(5-3-10)18(13,15)16/h2-5,14H,6-9H2,1H3,(H2,13,15,16). The summed E-state index contributed by atoms with van der Waals surface area (Å²) in [6.07, 6.45) is 0. The summed E-state index contributed by atoms with van der Waals surface area (Å²) in [5.74, 6) is 0. The van der Waals surface area contributed by atoms with Crippen LogP contribution in [-0.2, 0) is 21.3 Å². The van der Waals surface area contributed by atoms with Gasteiger partial charge in [0.1, 0.15) is 0 Å². The molecule has 0 saturated carbocycles. The molecule has 0 bridgehead atoms. The van der Waals surface area contributed by atoms with E-state index in [0.717, 1.165) is 25.3 Å². The predicted molar refractivity (Wildman–Crippen MR) is 68.4 cm³/mol. The largest absolute Gasteiger partial charge is 0.380 e. The van der Waals surface area contributed by atoms with E-state index in [9.17, 15) is 8.42 Å². The van der Waals surface area contributed by atoms with Gasteiger partial charge in [0.2, 0.25) is 10.0 Å². The molecule has 0 amide bonds. The van der Waals surface area contributed by atoms with Crippen LogP contribution in [-0.4, -0.2) is 28.2 Å². The summed E-state index contributed by atoms with van der Waals surface area (Å²) in [6.45, 7) is 5.37. The second-order valence-corrected chi connectivity index (χ2v) is 6.66. The van der Waals surface area contributed by atoms with Crippen LogP contribution in [0.5, 0.6) is 0 Å². The van der Waals surface area contributed by atoms with Gasteiger partial charge in [-0.15, -0.1) is 0 Å². The third-order valence-corrected chi connectivity index (χ3v) is 3.96. The van der Waals surface area contributed by atoms with Crippen LogP contribution in [0.2, 0.25) is 0 Å². The Labute approximate surface area is 107 Å². The van der Waals surface area contributed by atoms with Crippen molar-refractivity contribution in [2.45, 2.75) is 18.4 Å². The molecule has 6 heteroatoms. The van der Waals surface area contributed by atoms with E-state index >= 15 is 0 Å². The number of ether oxygens (including phenoxy) is 1. The van der Waals surface area contributed by atoms with E-state index in [1.807, 2.05) is 0 Å². The van der Waals surface area contributed by atoms with E-state index < -0.39 is 10.0 Å². The first-order chi connectivity index (χ1) is 8.39. The minimum absolute atomic E-state index is 0.144. The average Bonchev–Trinajstić information content (AvgIpc) is 2.26. The molecule has 5 nitrogen and oxygen atoms in total. The van der Waals surface area contributed by atoms with E-state index in [2.05, 4.69) is 12.2 Å². The molecule has 0 radical (unpaired) electrons. The van der Waals surface area contributed by atoms with Gasteiger partial charge in [0.15, 0.2) is 0 Å². The number of primary sulfonamides is 1. The van der Waals surface area contributed by atoms with Crippen LogP contribution >= 0.6 is 0 Å². The third-order valence-electron chi connectivity index (χ3n) is 3.03. The van der Waals surface area contributed by atoms with Crippen LogP contribution in [0.4, 0.5) is 0 Å². The highest BCUT2D eigenvalue weighted by Gasteiger charge is 2.32. The fourth-order valence-corrected chi connectivity index (χ4v) is 2.37. The lowest BCUT2D eigenvalue weighted by Crippen LogP contribution is -2.47. The Morgan fingerprint density at radius 2 is 1.94 bits per heavy atom. The van der Waals surface area contributed by atoms with Crippen LogP contribution in [0.15, 0.2) is 29.2 Å². The SMILES string of the molecule is CC1(CNCc2ccc(S(N)(=O)=O)cc2)COC1. The molecular formula is C12H18N2O3S. The molecule has 100 valence electrons. The molecular weight excluding hydrogens is 252 g/mol. The van der Waals surface area contributed by atoms with Crippen molar-refractivity contribution in [3.63, 3.8) is 0 Å². The number of sulfonamides is 1. The van der Waals surface area contributed by atoms with Gasteiger partial charge in [-0.05, 0) is 17.7 Å². The van der Waals surface area contributed by atoms with Crippen molar-refractivity contribution in [1.82, 2.24) is 5.32 Å². The van der Waals surface area contributed by atoms with Crippen LogP contribution in [0.25, 0.3) is 0 Å². The van der Waals surface area contributed by atoms with Crippen molar-refractivity contribution in [2.24, 2.45) is 10.6 Å². The van der Waals surface area contributed by atoms with Gasteiger partial charge in [0.25, 0.3) is 0 Å². The second-order valence-electron chi connectivity index (χ2n) is 5.10. The van der Waals surface area contributed by atoms with Crippen molar-refractivity contribution >= 4 is 10.0 Å². The number of benzene rings is 1. The Morgan fingerprint density at radius 1 is 1.33 bits per heavy atom. The molecule has 1 aliphatic heterocycles. The molecule has 1 saturated heterocycles. The predicted octanol–water partition coefficient (Wildman–Crippen LogP) is 0.460. The summed E-state index contributed by atoms with van der Waals surface area (Å²) in [6, 6.07) is 6.60. The average molecular weight is 270 g/mol. The van der Waals surface area contributed by atoms with Crippen LogP contribution in [0.3, 0.4) is 0 Å². The summed E-state index contributed by atoms with van der Waals surface area (Å²) in [7, 11) is -3.60. The van der Waals surface area contributed by atoms with Crippen molar-refractivity contribution in [1.29, 1.82) is 0 Å². The molecule has 1 aliphatic rings. The molecule has 0 aromatic heterocycles. The Hall–Kier alpha value is -0.950. The maximum atomic E-state index is 11.1. The molecule has 0 atom stereocenters. The van der Waals surface area contributed by atoms with Crippen LogP contribution in [0, 0.1) is 5.41 Å². The number of nitrogens with two attached hydrogens (primary N) is 1. The Bertz CT molecular complexity index is 507. The van der Waals surface area contributed by atoms with Crippen molar-refractivity contribution in [2.75, 3.05) is 19.8 Å². The van der Waals surface area contributed by atoms with E-state index in [1.165, 1.54) is 12.1 Å². The van der Waals surface area contributed by atoms with Crippen LogP contribution < -0.4 is 10.5 Å². The lowest BCUT2D eigenvalue weighted by Gasteiger charge is -2.38. The number of nitrogens with one attached hydrogen (secondary N) is 1. The van der Waals surface area contributed by atoms with Crippen molar-refractivity contribution < 1.29 is 13.2 Å². The van der Waals surface area contributed by atoms with Gasteiger partial charge in [-0.1, -0.05) is 19.1 Å². The quantitative estimate of drug-likeness (QED) is 0.814.